The fourth-order valence-corrected chi connectivity index (χ4v) is 4.98. The quantitative estimate of drug-likeness (QED) is 0.541. The largest absolute Gasteiger partial charge is 0.309 e. The average molecular weight is 430 g/mol. The van der Waals surface area contributed by atoms with Crippen molar-refractivity contribution >= 4 is 11.7 Å². The van der Waals surface area contributed by atoms with E-state index in [0.717, 1.165) is 53.0 Å². The second kappa shape index (κ2) is 9.19. The highest BCUT2D eigenvalue weighted by atomic mass is 19.1. The van der Waals surface area contributed by atoms with E-state index < -0.39 is 0 Å². The maximum atomic E-state index is 13.8. The molecule has 2 aliphatic carbocycles. The molecule has 1 amide bonds. The van der Waals surface area contributed by atoms with E-state index in [4.69, 9.17) is 9.97 Å². The van der Waals surface area contributed by atoms with E-state index in [1.807, 2.05) is 36.4 Å². The number of rotatable bonds is 5. The minimum Gasteiger partial charge on any atom is -0.309 e. The van der Waals surface area contributed by atoms with Crippen LogP contribution in [0.5, 0.6) is 0 Å². The van der Waals surface area contributed by atoms with Gasteiger partial charge in [0.2, 0.25) is 5.91 Å². The van der Waals surface area contributed by atoms with Crippen LogP contribution in [0, 0.1) is 5.82 Å². The van der Waals surface area contributed by atoms with Crippen LogP contribution < -0.4 is 5.32 Å². The van der Waals surface area contributed by atoms with Crippen molar-refractivity contribution in [2.75, 3.05) is 5.32 Å². The summed E-state index contributed by atoms with van der Waals surface area (Å²) >= 11 is 0. The molecule has 5 heteroatoms. The number of carbonyl (C=O) groups is 1. The topological polar surface area (TPSA) is 54.9 Å². The molecular weight excluding hydrogens is 401 g/mol. The summed E-state index contributed by atoms with van der Waals surface area (Å²) < 4.78 is 13.8. The zero-order chi connectivity index (χ0) is 21.9. The van der Waals surface area contributed by atoms with E-state index in [2.05, 4.69) is 5.32 Å². The SMILES string of the molecule is O=C(CCc1ccccc1)Nc1nc2c(nc1C1CCCCC1)-c1ccc(F)cc1CC2. The number of aromatic nitrogens is 2. The third-order valence-electron chi connectivity index (χ3n) is 6.68. The average Bonchev–Trinajstić information content (AvgIpc) is 2.83. The van der Waals surface area contributed by atoms with Gasteiger partial charge in [0.1, 0.15) is 5.82 Å². The Kier molecular flexibility index (Phi) is 5.97. The molecule has 1 heterocycles. The Hall–Kier alpha value is -3.08. The molecule has 0 unspecified atom stereocenters. The summed E-state index contributed by atoms with van der Waals surface area (Å²) in [6.07, 6.45) is 8.27. The first kappa shape index (κ1) is 20.8. The van der Waals surface area contributed by atoms with E-state index in [9.17, 15) is 9.18 Å². The van der Waals surface area contributed by atoms with Gasteiger partial charge in [0.15, 0.2) is 5.82 Å². The summed E-state index contributed by atoms with van der Waals surface area (Å²) in [5, 5.41) is 3.09. The van der Waals surface area contributed by atoms with E-state index in [1.165, 1.54) is 25.3 Å². The maximum Gasteiger partial charge on any atom is 0.225 e. The predicted octanol–water partition coefficient (Wildman–Crippen LogP) is 6.00. The van der Waals surface area contributed by atoms with Crippen LogP contribution in [0.1, 0.15) is 67.0 Å². The van der Waals surface area contributed by atoms with Crippen molar-refractivity contribution < 1.29 is 9.18 Å². The van der Waals surface area contributed by atoms with Crippen molar-refractivity contribution in [2.45, 2.75) is 63.7 Å². The van der Waals surface area contributed by atoms with Gasteiger partial charge in [-0.1, -0.05) is 49.6 Å². The monoisotopic (exact) mass is 429 g/mol. The predicted molar refractivity (Wildman–Crippen MR) is 124 cm³/mol. The number of halogens is 1. The number of carbonyl (C=O) groups excluding carboxylic acids is 1. The number of aryl methyl sites for hydroxylation is 3. The molecular formula is C27H28FN3O. The van der Waals surface area contributed by atoms with Crippen LogP contribution in [0.3, 0.4) is 0 Å². The Morgan fingerprint density at radius 2 is 1.81 bits per heavy atom. The van der Waals surface area contributed by atoms with Gasteiger partial charge in [-0.25, -0.2) is 14.4 Å². The van der Waals surface area contributed by atoms with Gasteiger partial charge in [0.25, 0.3) is 0 Å². The van der Waals surface area contributed by atoms with Crippen molar-refractivity contribution in [2.24, 2.45) is 0 Å². The molecule has 164 valence electrons. The van der Waals surface area contributed by atoms with Gasteiger partial charge in [-0.3, -0.25) is 4.79 Å². The van der Waals surface area contributed by atoms with Gasteiger partial charge in [-0.05, 0) is 61.4 Å². The van der Waals surface area contributed by atoms with E-state index >= 15 is 0 Å². The highest BCUT2D eigenvalue weighted by Crippen LogP contribution is 2.39. The van der Waals surface area contributed by atoms with Crippen molar-refractivity contribution in [1.82, 2.24) is 9.97 Å². The summed E-state index contributed by atoms with van der Waals surface area (Å²) in [5.41, 5.74) is 5.75. The fourth-order valence-electron chi connectivity index (χ4n) is 4.98. The molecule has 0 bridgehead atoms. The van der Waals surface area contributed by atoms with Crippen LogP contribution in [-0.2, 0) is 24.1 Å². The Balaban J connectivity index is 1.45. The lowest BCUT2D eigenvalue weighted by Crippen LogP contribution is -2.20. The summed E-state index contributed by atoms with van der Waals surface area (Å²) in [4.78, 5) is 22.8. The first-order valence-corrected chi connectivity index (χ1v) is 11.7. The second-order valence-electron chi connectivity index (χ2n) is 8.92. The Morgan fingerprint density at radius 3 is 2.62 bits per heavy atom. The number of hydrogen-bond acceptors (Lipinski definition) is 3. The fraction of sp³-hybridized carbons (Fsp3) is 0.370. The Bertz CT molecular complexity index is 1120. The molecule has 0 atom stereocenters. The molecule has 0 saturated heterocycles. The van der Waals surface area contributed by atoms with Crippen molar-refractivity contribution in [3.63, 3.8) is 0 Å². The Morgan fingerprint density at radius 1 is 1.00 bits per heavy atom. The molecule has 5 rings (SSSR count). The van der Waals surface area contributed by atoms with Gasteiger partial charge in [0, 0.05) is 17.9 Å². The number of anilines is 1. The van der Waals surface area contributed by atoms with E-state index in [-0.39, 0.29) is 11.7 Å². The molecule has 1 aromatic heterocycles. The lowest BCUT2D eigenvalue weighted by molar-refractivity contribution is -0.116. The van der Waals surface area contributed by atoms with Crippen molar-refractivity contribution in [1.29, 1.82) is 0 Å². The van der Waals surface area contributed by atoms with Gasteiger partial charge in [-0.15, -0.1) is 0 Å². The number of fused-ring (bicyclic) bond motifs is 3. The molecule has 3 aromatic rings. The van der Waals surface area contributed by atoms with Gasteiger partial charge in [0.05, 0.1) is 17.1 Å². The standard InChI is InChI=1S/C27H28FN3O/c28-21-13-14-22-20(17-21)12-15-23-26(22)31-25(19-9-5-2-6-10-19)27(29-23)30-24(32)16-11-18-7-3-1-4-8-18/h1,3-4,7-8,13-14,17,19H,2,5-6,9-12,15-16H2,(H,29,30,32). The molecule has 32 heavy (non-hydrogen) atoms. The summed E-state index contributed by atoms with van der Waals surface area (Å²) in [5.74, 6) is 0.685. The molecule has 0 spiro atoms. The minimum absolute atomic E-state index is 0.0292. The molecule has 0 aliphatic heterocycles. The van der Waals surface area contributed by atoms with Crippen LogP contribution in [-0.4, -0.2) is 15.9 Å². The van der Waals surface area contributed by atoms with Gasteiger partial charge >= 0.3 is 0 Å². The zero-order valence-corrected chi connectivity index (χ0v) is 18.2. The lowest BCUT2D eigenvalue weighted by atomic mass is 9.85. The first-order valence-electron chi connectivity index (χ1n) is 11.7. The zero-order valence-electron chi connectivity index (χ0n) is 18.2. The highest BCUT2D eigenvalue weighted by molar-refractivity contribution is 5.90. The van der Waals surface area contributed by atoms with E-state index in [1.54, 1.807) is 6.07 Å². The highest BCUT2D eigenvalue weighted by Gasteiger charge is 2.27. The van der Waals surface area contributed by atoms with Crippen LogP contribution in [0.15, 0.2) is 48.5 Å². The number of hydrogen-bond donors (Lipinski definition) is 1. The van der Waals surface area contributed by atoms with E-state index in [0.29, 0.717) is 31.0 Å². The molecule has 2 aliphatic rings. The molecule has 1 saturated carbocycles. The lowest BCUT2D eigenvalue weighted by Gasteiger charge is -2.26. The molecule has 4 nitrogen and oxygen atoms in total. The van der Waals surface area contributed by atoms with Crippen molar-refractivity contribution in [3.05, 3.63) is 76.9 Å². The molecule has 1 N–H and O–H groups in total. The van der Waals surface area contributed by atoms with Gasteiger partial charge < -0.3 is 5.32 Å². The summed E-state index contributed by atoms with van der Waals surface area (Å²) in [6, 6.07) is 15.0. The third-order valence-corrected chi connectivity index (χ3v) is 6.68. The maximum absolute atomic E-state index is 13.8. The van der Waals surface area contributed by atoms with Gasteiger partial charge in [-0.2, -0.15) is 0 Å². The summed E-state index contributed by atoms with van der Waals surface area (Å²) in [7, 11) is 0. The van der Waals surface area contributed by atoms with Crippen molar-refractivity contribution in [3.8, 4) is 11.3 Å². The first-order chi connectivity index (χ1) is 15.7. The molecule has 1 fully saturated rings. The van der Waals surface area contributed by atoms with Crippen LogP contribution >= 0.6 is 0 Å². The second-order valence-corrected chi connectivity index (χ2v) is 8.92. The van der Waals surface area contributed by atoms with Crippen LogP contribution in [0.25, 0.3) is 11.3 Å². The normalized spacial score (nSPS) is 15.7. The summed E-state index contributed by atoms with van der Waals surface area (Å²) in [6.45, 7) is 0. The minimum atomic E-state index is -0.213. The number of amides is 1. The Labute approximate surface area is 188 Å². The van der Waals surface area contributed by atoms with Crippen LogP contribution in [0.2, 0.25) is 0 Å². The molecule has 2 aromatic carbocycles. The smallest absolute Gasteiger partial charge is 0.225 e. The number of nitrogens with zero attached hydrogens (tertiary/aromatic N) is 2. The number of nitrogens with one attached hydrogen (secondary N) is 1. The molecule has 0 radical (unpaired) electrons. The third kappa shape index (κ3) is 4.43. The van der Waals surface area contributed by atoms with Crippen LogP contribution in [0.4, 0.5) is 10.2 Å². The number of benzene rings is 2.